The number of H-pyrrole nitrogens is 1. The van der Waals surface area contributed by atoms with Gasteiger partial charge in [0.2, 0.25) is 5.76 Å². The first-order chi connectivity index (χ1) is 11.2. The van der Waals surface area contributed by atoms with E-state index in [2.05, 4.69) is 16.0 Å². The molecule has 0 aliphatic carbocycles. The minimum absolute atomic E-state index is 0.0937. The van der Waals surface area contributed by atoms with Gasteiger partial charge in [0.25, 0.3) is 0 Å². The second-order valence-corrected chi connectivity index (χ2v) is 5.18. The molecule has 5 nitrogen and oxygen atoms in total. The molecule has 0 aliphatic heterocycles. The van der Waals surface area contributed by atoms with Crippen LogP contribution in [0.4, 0.5) is 0 Å². The van der Waals surface area contributed by atoms with Crippen LogP contribution < -0.4 is 0 Å². The molecule has 0 fully saturated rings. The second-order valence-electron chi connectivity index (χ2n) is 5.18. The SMILES string of the molecule is O=C(O)c1ccc(-c2ccc(-c3ccc4[nH]ccc4c3)cn2)o1. The van der Waals surface area contributed by atoms with Crippen molar-refractivity contribution in [3.05, 3.63) is 66.7 Å². The van der Waals surface area contributed by atoms with E-state index >= 15 is 0 Å². The normalized spacial score (nSPS) is 11.0. The molecule has 23 heavy (non-hydrogen) atoms. The fourth-order valence-corrected chi connectivity index (χ4v) is 2.53. The predicted octanol–water partition coefficient (Wildman–Crippen LogP) is 4.19. The number of nitrogens with one attached hydrogen (secondary N) is 1. The average Bonchev–Trinajstić information content (AvgIpc) is 3.23. The lowest BCUT2D eigenvalue weighted by atomic mass is 10.1. The third kappa shape index (κ3) is 2.38. The summed E-state index contributed by atoms with van der Waals surface area (Å²) in [6, 6.07) is 15.0. The third-order valence-electron chi connectivity index (χ3n) is 3.72. The molecule has 0 bridgehead atoms. The topological polar surface area (TPSA) is 79.1 Å². The van der Waals surface area contributed by atoms with Crippen molar-refractivity contribution in [2.45, 2.75) is 0 Å². The molecule has 4 aromatic rings. The van der Waals surface area contributed by atoms with E-state index in [0.29, 0.717) is 11.5 Å². The fraction of sp³-hybridized carbons (Fsp3) is 0. The molecule has 1 aromatic carbocycles. The molecule has 0 spiro atoms. The highest BCUT2D eigenvalue weighted by atomic mass is 16.4. The molecular weight excluding hydrogens is 292 g/mol. The Balaban J connectivity index is 1.67. The number of aromatic nitrogens is 2. The highest BCUT2D eigenvalue weighted by Gasteiger charge is 2.11. The third-order valence-corrected chi connectivity index (χ3v) is 3.72. The molecular formula is C18H12N2O3. The summed E-state index contributed by atoms with van der Waals surface area (Å²) in [5.74, 6) is -0.744. The van der Waals surface area contributed by atoms with Gasteiger partial charge in [-0.25, -0.2) is 4.79 Å². The van der Waals surface area contributed by atoms with E-state index in [9.17, 15) is 4.79 Å². The standard InChI is InChI=1S/C18H12N2O3/c21-18(22)17-6-5-16(23-17)15-4-2-13(10-20-15)11-1-3-14-12(9-11)7-8-19-14/h1-10,19H,(H,21,22). The van der Waals surface area contributed by atoms with Gasteiger partial charge in [0.15, 0.2) is 5.76 Å². The van der Waals surface area contributed by atoms with Crippen LogP contribution in [0.2, 0.25) is 0 Å². The molecule has 3 heterocycles. The van der Waals surface area contributed by atoms with Crippen LogP contribution in [0.1, 0.15) is 10.6 Å². The number of carbonyl (C=O) groups is 1. The van der Waals surface area contributed by atoms with Crippen LogP contribution in [0.3, 0.4) is 0 Å². The Morgan fingerprint density at radius 3 is 2.65 bits per heavy atom. The molecule has 0 unspecified atom stereocenters. The van der Waals surface area contributed by atoms with Gasteiger partial charge in [-0.2, -0.15) is 0 Å². The van der Waals surface area contributed by atoms with Crippen LogP contribution >= 0.6 is 0 Å². The quantitative estimate of drug-likeness (QED) is 0.595. The molecule has 5 heteroatoms. The summed E-state index contributed by atoms with van der Waals surface area (Å²) in [6.07, 6.45) is 3.67. The van der Waals surface area contributed by atoms with Crippen molar-refractivity contribution >= 4 is 16.9 Å². The largest absolute Gasteiger partial charge is 0.475 e. The van der Waals surface area contributed by atoms with Crippen molar-refractivity contribution in [2.24, 2.45) is 0 Å². The summed E-state index contributed by atoms with van der Waals surface area (Å²) in [5, 5.41) is 10.0. The fourth-order valence-electron chi connectivity index (χ4n) is 2.53. The van der Waals surface area contributed by atoms with Gasteiger partial charge in [0, 0.05) is 23.5 Å². The number of hydrogen-bond donors (Lipinski definition) is 2. The molecule has 0 saturated heterocycles. The first-order valence-electron chi connectivity index (χ1n) is 7.08. The Morgan fingerprint density at radius 1 is 1.04 bits per heavy atom. The average molecular weight is 304 g/mol. The zero-order chi connectivity index (χ0) is 15.8. The number of furan rings is 1. The number of fused-ring (bicyclic) bond motifs is 1. The summed E-state index contributed by atoms with van der Waals surface area (Å²) in [6.45, 7) is 0. The van der Waals surface area contributed by atoms with Crippen molar-refractivity contribution in [2.75, 3.05) is 0 Å². The summed E-state index contributed by atoms with van der Waals surface area (Å²) in [7, 11) is 0. The number of aromatic carboxylic acids is 1. The minimum atomic E-state index is -1.09. The first kappa shape index (κ1) is 13.3. The Bertz CT molecular complexity index is 996. The molecule has 0 amide bonds. The Morgan fingerprint density at radius 2 is 1.91 bits per heavy atom. The number of carboxylic acids is 1. The molecule has 0 saturated carbocycles. The van der Waals surface area contributed by atoms with E-state index in [1.807, 2.05) is 36.5 Å². The predicted molar refractivity (Wildman–Crippen MR) is 86.2 cm³/mol. The maximum absolute atomic E-state index is 10.9. The molecule has 0 radical (unpaired) electrons. The maximum Gasteiger partial charge on any atom is 0.371 e. The van der Waals surface area contributed by atoms with Gasteiger partial charge in [-0.1, -0.05) is 12.1 Å². The van der Waals surface area contributed by atoms with E-state index in [4.69, 9.17) is 9.52 Å². The zero-order valence-corrected chi connectivity index (χ0v) is 12.0. The van der Waals surface area contributed by atoms with Crippen molar-refractivity contribution < 1.29 is 14.3 Å². The number of nitrogens with zero attached hydrogens (tertiary/aromatic N) is 1. The van der Waals surface area contributed by atoms with Crippen molar-refractivity contribution in [1.82, 2.24) is 9.97 Å². The monoisotopic (exact) mass is 304 g/mol. The van der Waals surface area contributed by atoms with E-state index in [0.717, 1.165) is 22.0 Å². The Hall–Kier alpha value is -3.34. The molecule has 2 N–H and O–H groups in total. The van der Waals surface area contributed by atoms with Crippen molar-refractivity contribution in [3.8, 4) is 22.6 Å². The zero-order valence-electron chi connectivity index (χ0n) is 12.0. The second kappa shape index (κ2) is 5.14. The Labute approximate surface area is 131 Å². The van der Waals surface area contributed by atoms with Crippen molar-refractivity contribution in [3.63, 3.8) is 0 Å². The number of pyridine rings is 1. The number of hydrogen-bond acceptors (Lipinski definition) is 3. The van der Waals surface area contributed by atoms with E-state index in [-0.39, 0.29) is 5.76 Å². The van der Waals surface area contributed by atoms with Gasteiger partial charge in [-0.15, -0.1) is 0 Å². The molecule has 0 atom stereocenters. The van der Waals surface area contributed by atoms with E-state index in [1.54, 1.807) is 12.3 Å². The van der Waals surface area contributed by atoms with Crippen LogP contribution in [-0.4, -0.2) is 21.0 Å². The van der Waals surface area contributed by atoms with Gasteiger partial charge < -0.3 is 14.5 Å². The van der Waals surface area contributed by atoms with E-state index in [1.165, 1.54) is 6.07 Å². The summed E-state index contributed by atoms with van der Waals surface area (Å²) in [4.78, 5) is 18.4. The van der Waals surface area contributed by atoms with Crippen LogP contribution in [0, 0.1) is 0 Å². The number of aromatic amines is 1. The maximum atomic E-state index is 10.9. The first-order valence-corrected chi connectivity index (χ1v) is 7.08. The summed E-state index contributed by atoms with van der Waals surface area (Å²) < 4.78 is 5.26. The van der Waals surface area contributed by atoms with Gasteiger partial charge in [0.05, 0.1) is 0 Å². The van der Waals surface area contributed by atoms with Crippen molar-refractivity contribution in [1.29, 1.82) is 0 Å². The molecule has 4 rings (SSSR count). The number of benzene rings is 1. The highest BCUT2D eigenvalue weighted by molar-refractivity contribution is 5.86. The number of rotatable bonds is 3. The molecule has 112 valence electrons. The molecule has 0 aliphatic rings. The lowest BCUT2D eigenvalue weighted by molar-refractivity contribution is 0.0663. The van der Waals surface area contributed by atoms with Crippen LogP contribution in [-0.2, 0) is 0 Å². The van der Waals surface area contributed by atoms with Crippen LogP contribution in [0.5, 0.6) is 0 Å². The van der Waals surface area contributed by atoms with Gasteiger partial charge in [0.1, 0.15) is 5.69 Å². The summed E-state index contributed by atoms with van der Waals surface area (Å²) in [5.41, 5.74) is 3.75. The lowest BCUT2D eigenvalue weighted by Crippen LogP contribution is -1.91. The Kier molecular flexibility index (Phi) is 2.98. The van der Waals surface area contributed by atoms with Gasteiger partial charge >= 0.3 is 5.97 Å². The number of carboxylic acid groups (broad SMARTS) is 1. The lowest BCUT2D eigenvalue weighted by Gasteiger charge is -2.03. The van der Waals surface area contributed by atoms with Crippen LogP contribution in [0.25, 0.3) is 33.5 Å². The smallest absolute Gasteiger partial charge is 0.371 e. The van der Waals surface area contributed by atoms with Gasteiger partial charge in [-0.05, 0) is 47.3 Å². The van der Waals surface area contributed by atoms with Crippen LogP contribution in [0.15, 0.2) is 65.3 Å². The van der Waals surface area contributed by atoms with Gasteiger partial charge in [-0.3, -0.25) is 4.98 Å². The summed E-state index contributed by atoms with van der Waals surface area (Å²) >= 11 is 0. The minimum Gasteiger partial charge on any atom is -0.475 e. The van der Waals surface area contributed by atoms with E-state index < -0.39 is 5.97 Å². The highest BCUT2D eigenvalue weighted by Crippen LogP contribution is 2.26. The molecule has 3 aromatic heterocycles.